The highest BCUT2D eigenvalue weighted by molar-refractivity contribution is 5.61. The number of para-hydroxylation sites is 2. The normalized spacial score (nSPS) is 12.0. The lowest BCUT2D eigenvalue weighted by atomic mass is 10.1. The molecule has 0 radical (unpaired) electrons. The Morgan fingerprint density at radius 2 is 1.86 bits per heavy atom. The third kappa shape index (κ3) is 2.86. The maximum atomic E-state index is 9.36. The van der Waals surface area contributed by atoms with Crippen molar-refractivity contribution in [3.8, 4) is 11.4 Å². The molecule has 0 aliphatic carbocycles. The number of phenolic OH excluding ortho intramolecular Hbond substituents is 1. The van der Waals surface area contributed by atoms with Crippen LogP contribution in [-0.2, 0) is 0 Å². The first kappa shape index (κ1) is 13.2. The third-order valence-corrected chi connectivity index (χ3v) is 3.33. The van der Waals surface area contributed by atoms with E-state index in [1.165, 1.54) is 6.33 Å². The number of aromatic hydroxyl groups is 1. The van der Waals surface area contributed by atoms with E-state index in [0.717, 1.165) is 16.9 Å². The Kier molecular flexibility index (Phi) is 3.55. The van der Waals surface area contributed by atoms with Crippen molar-refractivity contribution < 1.29 is 5.11 Å². The van der Waals surface area contributed by atoms with Gasteiger partial charge in [0.15, 0.2) is 0 Å². The summed E-state index contributed by atoms with van der Waals surface area (Å²) in [4.78, 5) is 3.98. The van der Waals surface area contributed by atoms with Gasteiger partial charge in [-0.1, -0.05) is 24.3 Å². The minimum absolute atomic E-state index is 0.107. The molecule has 0 fully saturated rings. The summed E-state index contributed by atoms with van der Waals surface area (Å²) in [5.74, 6) is 0.272. The molecule has 3 rings (SSSR count). The molecule has 21 heavy (non-hydrogen) atoms. The maximum Gasteiger partial charge on any atom is 0.138 e. The quantitative estimate of drug-likeness (QED) is 0.770. The van der Waals surface area contributed by atoms with Crippen LogP contribution in [0.5, 0.6) is 5.75 Å². The van der Waals surface area contributed by atoms with Crippen molar-refractivity contribution in [1.29, 1.82) is 0 Å². The molecule has 3 aromatic rings. The highest BCUT2D eigenvalue weighted by Gasteiger charge is 2.09. The largest absolute Gasteiger partial charge is 0.508 e. The number of aromatic nitrogens is 3. The molecule has 5 nitrogen and oxygen atoms in total. The van der Waals surface area contributed by atoms with E-state index in [-0.39, 0.29) is 11.8 Å². The molecule has 0 amide bonds. The summed E-state index contributed by atoms with van der Waals surface area (Å²) in [7, 11) is 0. The van der Waals surface area contributed by atoms with E-state index >= 15 is 0 Å². The molecule has 0 spiro atoms. The number of nitrogens with one attached hydrogen (secondary N) is 1. The second-order valence-electron chi connectivity index (χ2n) is 4.81. The first-order valence-corrected chi connectivity index (χ1v) is 6.73. The predicted molar refractivity (Wildman–Crippen MR) is 81.5 cm³/mol. The molecule has 1 unspecified atom stereocenters. The number of rotatable bonds is 4. The fraction of sp³-hybridized carbons (Fsp3) is 0.125. The van der Waals surface area contributed by atoms with Crippen molar-refractivity contribution in [1.82, 2.24) is 14.8 Å². The highest BCUT2D eigenvalue weighted by atomic mass is 16.3. The molecular weight excluding hydrogens is 264 g/mol. The van der Waals surface area contributed by atoms with E-state index in [4.69, 9.17) is 0 Å². The zero-order valence-electron chi connectivity index (χ0n) is 11.6. The number of anilines is 1. The minimum Gasteiger partial charge on any atom is -0.508 e. The Labute approximate surface area is 122 Å². The number of hydrogen-bond acceptors (Lipinski definition) is 4. The lowest BCUT2D eigenvalue weighted by Gasteiger charge is -2.18. The lowest BCUT2D eigenvalue weighted by molar-refractivity contribution is 0.475. The van der Waals surface area contributed by atoms with Gasteiger partial charge in [0.25, 0.3) is 0 Å². The standard InChI is InChI=1S/C16H16N4O/c1-12(13-6-8-14(21)9-7-13)19-15-4-2-3-5-16(15)20-11-17-10-18-20/h2-12,19,21H,1H3. The Bertz CT molecular complexity index is 707. The van der Waals surface area contributed by atoms with Crippen LogP contribution in [0.1, 0.15) is 18.5 Å². The van der Waals surface area contributed by atoms with E-state index < -0.39 is 0 Å². The molecule has 5 heteroatoms. The van der Waals surface area contributed by atoms with Crippen LogP contribution < -0.4 is 5.32 Å². The molecule has 0 saturated carbocycles. The van der Waals surface area contributed by atoms with E-state index in [2.05, 4.69) is 22.3 Å². The van der Waals surface area contributed by atoms with Gasteiger partial charge in [-0.05, 0) is 36.8 Å². The average molecular weight is 280 g/mol. The van der Waals surface area contributed by atoms with E-state index in [1.54, 1.807) is 23.1 Å². The highest BCUT2D eigenvalue weighted by Crippen LogP contribution is 2.25. The van der Waals surface area contributed by atoms with Gasteiger partial charge in [0.05, 0.1) is 11.4 Å². The van der Waals surface area contributed by atoms with Gasteiger partial charge < -0.3 is 10.4 Å². The fourth-order valence-electron chi connectivity index (χ4n) is 2.21. The Balaban J connectivity index is 1.86. The van der Waals surface area contributed by atoms with Crippen molar-refractivity contribution in [3.05, 3.63) is 66.7 Å². The summed E-state index contributed by atoms with van der Waals surface area (Å²) in [6, 6.07) is 15.2. The Hall–Kier alpha value is -2.82. The molecule has 2 N–H and O–H groups in total. The van der Waals surface area contributed by atoms with Crippen LogP contribution in [0.4, 0.5) is 5.69 Å². The van der Waals surface area contributed by atoms with Gasteiger partial charge in [-0.15, -0.1) is 0 Å². The Morgan fingerprint density at radius 1 is 1.10 bits per heavy atom. The van der Waals surface area contributed by atoms with Crippen LogP contribution in [0.25, 0.3) is 5.69 Å². The number of benzene rings is 2. The fourth-order valence-corrected chi connectivity index (χ4v) is 2.21. The van der Waals surface area contributed by atoms with Gasteiger partial charge in [0.2, 0.25) is 0 Å². The second-order valence-corrected chi connectivity index (χ2v) is 4.81. The Morgan fingerprint density at radius 3 is 2.57 bits per heavy atom. The number of hydrogen-bond donors (Lipinski definition) is 2. The molecule has 0 bridgehead atoms. The van der Waals surface area contributed by atoms with Crippen molar-refractivity contribution in [2.75, 3.05) is 5.32 Å². The van der Waals surface area contributed by atoms with Crippen molar-refractivity contribution >= 4 is 5.69 Å². The van der Waals surface area contributed by atoms with Crippen LogP contribution in [0.15, 0.2) is 61.2 Å². The molecule has 2 aromatic carbocycles. The minimum atomic E-state index is 0.107. The van der Waals surface area contributed by atoms with Gasteiger partial charge in [-0.25, -0.2) is 9.67 Å². The van der Waals surface area contributed by atoms with Crippen LogP contribution >= 0.6 is 0 Å². The first-order valence-electron chi connectivity index (χ1n) is 6.73. The molecule has 0 saturated heterocycles. The third-order valence-electron chi connectivity index (χ3n) is 3.33. The summed E-state index contributed by atoms with van der Waals surface area (Å²) in [6.45, 7) is 2.07. The van der Waals surface area contributed by atoms with Gasteiger partial charge >= 0.3 is 0 Å². The number of nitrogens with zero attached hydrogens (tertiary/aromatic N) is 3. The topological polar surface area (TPSA) is 63.0 Å². The van der Waals surface area contributed by atoms with Crippen LogP contribution in [0.3, 0.4) is 0 Å². The van der Waals surface area contributed by atoms with E-state index in [0.29, 0.717) is 0 Å². The van der Waals surface area contributed by atoms with Crippen molar-refractivity contribution in [2.24, 2.45) is 0 Å². The summed E-state index contributed by atoms with van der Waals surface area (Å²) in [5, 5.41) is 17.0. The number of phenols is 1. The van der Waals surface area contributed by atoms with Crippen molar-refractivity contribution in [2.45, 2.75) is 13.0 Å². The second kappa shape index (κ2) is 5.66. The zero-order valence-corrected chi connectivity index (χ0v) is 11.6. The zero-order chi connectivity index (χ0) is 14.7. The van der Waals surface area contributed by atoms with Gasteiger partial charge in [-0.2, -0.15) is 5.10 Å². The molecule has 1 aromatic heterocycles. The van der Waals surface area contributed by atoms with E-state index in [9.17, 15) is 5.11 Å². The van der Waals surface area contributed by atoms with Gasteiger partial charge in [0.1, 0.15) is 18.4 Å². The summed E-state index contributed by atoms with van der Waals surface area (Å²) in [6.07, 6.45) is 3.19. The first-order chi connectivity index (χ1) is 10.2. The average Bonchev–Trinajstić information content (AvgIpc) is 3.02. The molecule has 0 aliphatic heterocycles. The summed E-state index contributed by atoms with van der Waals surface area (Å²) >= 11 is 0. The van der Waals surface area contributed by atoms with Crippen LogP contribution in [0, 0.1) is 0 Å². The molecule has 0 aliphatic rings. The maximum absolute atomic E-state index is 9.36. The SMILES string of the molecule is CC(Nc1ccccc1-n1cncn1)c1ccc(O)cc1. The monoisotopic (exact) mass is 280 g/mol. The van der Waals surface area contributed by atoms with Gasteiger partial charge in [0, 0.05) is 6.04 Å². The molecule has 1 atom stereocenters. The lowest BCUT2D eigenvalue weighted by Crippen LogP contribution is -2.09. The van der Waals surface area contributed by atoms with E-state index in [1.807, 2.05) is 36.4 Å². The van der Waals surface area contributed by atoms with Gasteiger partial charge in [-0.3, -0.25) is 0 Å². The smallest absolute Gasteiger partial charge is 0.138 e. The molecule has 106 valence electrons. The van der Waals surface area contributed by atoms with Crippen LogP contribution in [-0.4, -0.2) is 19.9 Å². The van der Waals surface area contributed by atoms with Crippen molar-refractivity contribution in [3.63, 3.8) is 0 Å². The molecular formula is C16H16N4O. The predicted octanol–water partition coefficient (Wildman–Crippen LogP) is 3.15. The van der Waals surface area contributed by atoms with Crippen LogP contribution in [0.2, 0.25) is 0 Å². The summed E-state index contributed by atoms with van der Waals surface area (Å²) < 4.78 is 1.73. The summed E-state index contributed by atoms with van der Waals surface area (Å²) in [5.41, 5.74) is 3.02. The molecule has 1 heterocycles.